The lowest BCUT2D eigenvalue weighted by Gasteiger charge is -2.28. The Labute approximate surface area is 161 Å². The minimum Gasteiger partial charge on any atom is -0.345 e. The van der Waals surface area contributed by atoms with E-state index in [-0.39, 0.29) is 23.9 Å². The van der Waals surface area contributed by atoms with E-state index in [1.165, 1.54) is 22.8 Å². The summed E-state index contributed by atoms with van der Waals surface area (Å²) < 4.78 is 27.8. The molecule has 2 atom stereocenters. The third-order valence-electron chi connectivity index (χ3n) is 5.98. The Kier molecular flexibility index (Phi) is 4.44. The van der Waals surface area contributed by atoms with Gasteiger partial charge in [0.05, 0.1) is 11.0 Å². The van der Waals surface area contributed by atoms with Crippen LogP contribution in [0, 0.1) is 5.41 Å². The van der Waals surface area contributed by atoms with Crippen molar-refractivity contribution in [2.75, 3.05) is 26.7 Å². The van der Waals surface area contributed by atoms with Crippen molar-refractivity contribution in [3.05, 3.63) is 53.3 Å². The quantitative estimate of drug-likeness (QED) is 0.812. The molecule has 2 aromatic rings. The largest absolute Gasteiger partial charge is 0.345 e. The molecule has 4 rings (SSSR count). The van der Waals surface area contributed by atoms with Gasteiger partial charge in [-0.15, -0.1) is 0 Å². The van der Waals surface area contributed by atoms with Gasteiger partial charge in [-0.05, 0) is 12.0 Å². The lowest BCUT2D eigenvalue weighted by Crippen LogP contribution is -2.39. The summed E-state index contributed by atoms with van der Waals surface area (Å²) in [6.07, 6.45) is -0.981. The van der Waals surface area contributed by atoms with E-state index in [0.29, 0.717) is 19.5 Å². The second kappa shape index (κ2) is 6.68. The molecule has 0 radical (unpaired) electrons. The summed E-state index contributed by atoms with van der Waals surface area (Å²) in [7, 11) is 3.28. The van der Waals surface area contributed by atoms with Gasteiger partial charge in [0.25, 0.3) is 12.3 Å². The summed E-state index contributed by atoms with van der Waals surface area (Å²) in [6, 6.07) is 9.80. The number of likely N-dealkylation sites (N-methyl/N-ethyl adjacent to an activating group) is 1. The predicted molar refractivity (Wildman–Crippen MR) is 97.9 cm³/mol. The van der Waals surface area contributed by atoms with E-state index in [9.17, 15) is 18.4 Å². The van der Waals surface area contributed by atoms with Crippen LogP contribution in [0.25, 0.3) is 0 Å². The van der Waals surface area contributed by atoms with Crippen molar-refractivity contribution < 1.29 is 18.4 Å². The number of halogens is 2. The van der Waals surface area contributed by atoms with Crippen LogP contribution in [0.5, 0.6) is 0 Å². The number of rotatable bonds is 3. The minimum absolute atomic E-state index is 0.0110. The van der Waals surface area contributed by atoms with Gasteiger partial charge in [0.1, 0.15) is 5.69 Å². The summed E-state index contributed by atoms with van der Waals surface area (Å²) in [5, 5.41) is 3.73. The van der Waals surface area contributed by atoms with Gasteiger partial charge in [-0.25, -0.2) is 8.78 Å². The molecule has 148 valence electrons. The zero-order valence-electron chi connectivity index (χ0n) is 15.8. The summed E-state index contributed by atoms with van der Waals surface area (Å²) in [5.41, 5.74) is -0.254. The van der Waals surface area contributed by atoms with Crippen molar-refractivity contribution in [3.63, 3.8) is 0 Å². The first-order valence-electron chi connectivity index (χ1n) is 9.25. The molecule has 0 N–H and O–H groups in total. The number of aryl methyl sites for hydroxylation is 1. The molecule has 1 aromatic heterocycles. The third kappa shape index (κ3) is 2.78. The van der Waals surface area contributed by atoms with Crippen LogP contribution in [0.3, 0.4) is 0 Å². The topological polar surface area (TPSA) is 58.4 Å². The second-order valence-electron chi connectivity index (χ2n) is 7.68. The lowest BCUT2D eigenvalue weighted by molar-refractivity contribution is -0.134. The van der Waals surface area contributed by atoms with E-state index < -0.39 is 23.4 Å². The highest BCUT2D eigenvalue weighted by molar-refractivity contribution is 5.97. The van der Waals surface area contributed by atoms with Crippen molar-refractivity contribution in [2.24, 2.45) is 12.5 Å². The molecular weight excluding hydrogens is 366 g/mol. The summed E-state index contributed by atoms with van der Waals surface area (Å²) >= 11 is 0. The highest BCUT2D eigenvalue weighted by Gasteiger charge is 2.57. The van der Waals surface area contributed by atoms with E-state index in [1.54, 1.807) is 11.9 Å². The van der Waals surface area contributed by atoms with E-state index in [0.717, 1.165) is 5.56 Å². The number of likely N-dealkylation sites (tertiary alicyclic amines) is 2. The molecule has 1 spiro atoms. The molecule has 2 aliphatic rings. The zero-order valence-corrected chi connectivity index (χ0v) is 15.8. The molecular formula is C20H22F2N4O2. The molecule has 3 heterocycles. The first kappa shape index (κ1) is 18.6. The number of alkyl halides is 2. The molecule has 2 saturated heterocycles. The summed E-state index contributed by atoms with van der Waals surface area (Å²) in [5.74, 6) is -0.515. The van der Waals surface area contributed by atoms with E-state index in [1.807, 2.05) is 30.3 Å². The molecule has 8 heteroatoms. The number of carbonyl (C=O) groups excluding carboxylic acids is 2. The first-order chi connectivity index (χ1) is 13.3. The maximum absolute atomic E-state index is 13.3. The number of hydrogen-bond donors (Lipinski definition) is 0. The molecule has 1 aromatic carbocycles. The number of amides is 2. The average Bonchev–Trinajstić information content (AvgIpc) is 3.36. The van der Waals surface area contributed by atoms with Crippen molar-refractivity contribution in [2.45, 2.75) is 18.8 Å². The fourth-order valence-electron chi connectivity index (χ4n) is 4.64. The van der Waals surface area contributed by atoms with E-state index in [4.69, 9.17) is 0 Å². The Morgan fingerprint density at radius 2 is 1.96 bits per heavy atom. The Morgan fingerprint density at radius 1 is 1.25 bits per heavy atom. The van der Waals surface area contributed by atoms with Crippen molar-refractivity contribution >= 4 is 11.8 Å². The van der Waals surface area contributed by atoms with Gasteiger partial charge in [-0.3, -0.25) is 14.3 Å². The molecule has 2 aliphatic heterocycles. The van der Waals surface area contributed by atoms with Gasteiger partial charge in [0, 0.05) is 45.8 Å². The fourth-order valence-corrected chi connectivity index (χ4v) is 4.64. The van der Waals surface area contributed by atoms with Crippen LogP contribution in [0.2, 0.25) is 0 Å². The van der Waals surface area contributed by atoms with Crippen molar-refractivity contribution in [3.8, 4) is 0 Å². The normalized spacial score (nSPS) is 24.8. The van der Waals surface area contributed by atoms with Crippen LogP contribution in [0.15, 0.2) is 36.5 Å². The van der Waals surface area contributed by atoms with Crippen LogP contribution < -0.4 is 0 Å². The Morgan fingerprint density at radius 3 is 2.64 bits per heavy atom. The molecule has 0 saturated carbocycles. The minimum atomic E-state index is -2.83. The van der Waals surface area contributed by atoms with E-state index in [2.05, 4.69) is 5.10 Å². The Bertz CT molecular complexity index is 914. The van der Waals surface area contributed by atoms with Gasteiger partial charge in [-0.2, -0.15) is 5.10 Å². The van der Waals surface area contributed by atoms with Crippen LogP contribution in [-0.2, 0) is 11.8 Å². The van der Waals surface area contributed by atoms with Crippen molar-refractivity contribution in [1.82, 2.24) is 19.6 Å². The maximum atomic E-state index is 13.3. The average molecular weight is 388 g/mol. The Hall–Kier alpha value is -2.77. The molecule has 2 amide bonds. The van der Waals surface area contributed by atoms with Crippen LogP contribution in [-0.4, -0.2) is 58.1 Å². The number of benzene rings is 1. The molecule has 28 heavy (non-hydrogen) atoms. The van der Waals surface area contributed by atoms with E-state index >= 15 is 0 Å². The maximum Gasteiger partial charge on any atom is 0.282 e. The highest BCUT2D eigenvalue weighted by atomic mass is 19.3. The first-order valence-corrected chi connectivity index (χ1v) is 9.25. The summed E-state index contributed by atoms with van der Waals surface area (Å²) in [6.45, 7) is 1.17. The van der Waals surface area contributed by atoms with Gasteiger partial charge in [0.15, 0.2) is 0 Å². The van der Waals surface area contributed by atoms with Crippen LogP contribution in [0.1, 0.15) is 40.4 Å². The van der Waals surface area contributed by atoms with Gasteiger partial charge in [-0.1, -0.05) is 30.3 Å². The molecule has 2 fully saturated rings. The Balaban J connectivity index is 1.65. The van der Waals surface area contributed by atoms with Gasteiger partial charge in [0.2, 0.25) is 5.91 Å². The van der Waals surface area contributed by atoms with Gasteiger partial charge >= 0.3 is 0 Å². The number of carbonyl (C=O) groups is 2. The molecule has 6 nitrogen and oxygen atoms in total. The number of aromatic nitrogens is 2. The standard InChI is InChI=1S/C20H22F2N4O2/c1-24-11-15(13-6-4-3-5-7-13)20(19(24)28)8-9-26(12-20)18(27)14-10-25(2)23-16(14)17(21)22/h3-7,10,15,17H,8-9,11-12H2,1-2H3/t15-,20-/m0/s1. The molecule has 0 aliphatic carbocycles. The number of nitrogens with zero attached hydrogens (tertiary/aromatic N) is 4. The van der Waals surface area contributed by atoms with Crippen molar-refractivity contribution in [1.29, 1.82) is 0 Å². The van der Waals surface area contributed by atoms with Crippen LogP contribution >= 0.6 is 0 Å². The SMILES string of the molecule is CN1C[C@@H](c2ccccc2)[C@@]2(CCN(C(=O)c3cn(C)nc3C(F)F)C2)C1=O. The molecule has 0 unspecified atom stereocenters. The fraction of sp³-hybridized carbons (Fsp3) is 0.450. The summed E-state index contributed by atoms with van der Waals surface area (Å²) in [4.78, 5) is 29.3. The highest BCUT2D eigenvalue weighted by Crippen LogP contribution is 2.49. The second-order valence-corrected chi connectivity index (χ2v) is 7.68. The predicted octanol–water partition coefficient (Wildman–Crippen LogP) is 2.45. The third-order valence-corrected chi connectivity index (χ3v) is 5.98. The zero-order chi connectivity index (χ0) is 20.1. The number of hydrogen-bond acceptors (Lipinski definition) is 3. The molecule has 0 bridgehead atoms. The van der Waals surface area contributed by atoms with Gasteiger partial charge < -0.3 is 9.80 Å². The smallest absolute Gasteiger partial charge is 0.282 e. The van der Waals surface area contributed by atoms with Crippen LogP contribution in [0.4, 0.5) is 8.78 Å². The lowest BCUT2D eigenvalue weighted by atomic mass is 9.73. The monoisotopic (exact) mass is 388 g/mol.